The first kappa shape index (κ1) is 20.7. The summed E-state index contributed by atoms with van der Waals surface area (Å²) in [7, 11) is -3.78. The fourth-order valence-electron chi connectivity index (χ4n) is 2.41. The van der Waals surface area contributed by atoms with E-state index in [2.05, 4.69) is 31.1 Å². The van der Waals surface area contributed by atoms with Crippen molar-refractivity contribution in [1.29, 1.82) is 0 Å². The summed E-state index contributed by atoms with van der Waals surface area (Å²) in [4.78, 5) is 16.7. The van der Waals surface area contributed by atoms with Crippen LogP contribution in [0.5, 0.6) is 0 Å². The lowest BCUT2D eigenvalue weighted by atomic mass is 10.1. The number of amides is 1. The first-order chi connectivity index (χ1) is 12.1. The number of carbonyl (C=O) groups is 1. The molecule has 2 aromatic rings. The number of imidazole rings is 1. The highest BCUT2D eigenvalue weighted by molar-refractivity contribution is 7.99. The topological polar surface area (TPSA) is 107 Å². The lowest BCUT2D eigenvalue weighted by Gasteiger charge is -2.17. The van der Waals surface area contributed by atoms with Crippen LogP contribution in [-0.2, 0) is 21.4 Å². The standard InChI is InChI=1S/C17H26N4O3S2/c1-5-8-21-15-7-6-13(26(18,23)24)9-14(15)20-17(21)25-10-16(22)19-12(4)11(2)3/h6-7,9,11-12H,5,8,10H2,1-4H3,(H,19,22)(H2,18,23,24). The molecule has 144 valence electrons. The Morgan fingerprint density at radius 2 is 2.04 bits per heavy atom. The summed E-state index contributed by atoms with van der Waals surface area (Å²) in [5, 5.41) is 8.87. The van der Waals surface area contributed by atoms with Gasteiger partial charge in [-0.2, -0.15) is 0 Å². The van der Waals surface area contributed by atoms with E-state index < -0.39 is 10.0 Å². The predicted molar refractivity (Wildman–Crippen MR) is 105 cm³/mol. The van der Waals surface area contributed by atoms with Crippen LogP contribution in [-0.4, -0.2) is 35.7 Å². The zero-order chi connectivity index (χ0) is 19.5. The number of aryl methyl sites for hydroxylation is 1. The lowest BCUT2D eigenvalue weighted by Crippen LogP contribution is -2.37. The van der Waals surface area contributed by atoms with Gasteiger partial charge in [0.2, 0.25) is 15.9 Å². The van der Waals surface area contributed by atoms with Gasteiger partial charge in [0.1, 0.15) is 0 Å². The number of fused-ring (bicyclic) bond motifs is 1. The van der Waals surface area contributed by atoms with Crippen molar-refractivity contribution in [2.24, 2.45) is 11.1 Å². The SMILES string of the molecule is CCCn1c(SCC(=O)NC(C)C(C)C)nc2cc(S(N)(=O)=O)ccc21. The van der Waals surface area contributed by atoms with Crippen LogP contribution in [0.4, 0.5) is 0 Å². The number of sulfonamides is 1. The third-order valence-electron chi connectivity index (χ3n) is 4.18. The highest BCUT2D eigenvalue weighted by atomic mass is 32.2. The largest absolute Gasteiger partial charge is 0.353 e. The smallest absolute Gasteiger partial charge is 0.238 e. The molecule has 0 bridgehead atoms. The molecule has 0 saturated heterocycles. The maximum absolute atomic E-state index is 12.1. The van der Waals surface area contributed by atoms with Crippen LogP contribution < -0.4 is 10.5 Å². The molecule has 0 fully saturated rings. The fraction of sp³-hybridized carbons (Fsp3) is 0.529. The molecular weight excluding hydrogens is 372 g/mol. The molecule has 2 rings (SSSR count). The van der Waals surface area contributed by atoms with Crippen molar-refractivity contribution in [1.82, 2.24) is 14.9 Å². The zero-order valence-corrected chi connectivity index (χ0v) is 17.2. The number of thioether (sulfide) groups is 1. The van der Waals surface area contributed by atoms with Crippen molar-refractivity contribution in [3.8, 4) is 0 Å². The van der Waals surface area contributed by atoms with Gasteiger partial charge in [-0.1, -0.05) is 32.5 Å². The molecule has 0 aliphatic carbocycles. The Hall–Kier alpha value is -1.58. The molecule has 1 aromatic carbocycles. The maximum Gasteiger partial charge on any atom is 0.238 e. The molecule has 0 aliphatic heterocycles. The highest BCUT2D eigenvalue weighted by Crippen LogP contribution is 2.26. The van der Waals surface area contributed by atoms with Crippen LogP contribution >= 0.6 is 11.8 Å². The van der Waals surface area contributed by atoms with E-state index in [0.717, 1.165) is 18.5 Å². The van der Waals surface area contributed by atoms with Crippen LogP contribution in [0.2, 0.25) is 0 Å². The highest BCUT2D eigenvalue weighted by Gasteiger charge is 2.17. The van der Waals surface area contributed by atoms with Crippen molar-refractivity contribution < 1.29 is 13.2 Å². The molecule has 3 N–H and O–H groups in total. The molecule has 7 nitrogen and oxygen atoms in total. The van der Waals surface area contributed by atoms with Gasteiger partial charge in [-0.05, 0) is 37.5 Å². The van der Waals surface area contributed by atoms with Crippen molar-refractivity contribution in [3.05, 3.63) is 18.2 Å². The maximum atomic E-state index is 12.1. The summed E-state index contributed by atoms with van der Waals surface area (Å²) in [6.07, 6.45) is 0.895. The number of primary sulfonamides is 1. The van der Waals surface area contributed by atoms with E-state index in [1.54, 1.807) is 6.07 Å². The van der Waals surface area contributed by atoms with Crippen molar-refractivity contribution in [3.63, 3.8) is 0 Å². The number of nitrogens with zero attached hydrogens (tertiary/aromatic N) is 2. The summed E-state index contributed by atoms with van der Waals surface area (Å²) in [6.45, 7) is 8.88. The number of hydrogen-bond donors (Lipinski definition) is 2. The second kappa shape index (κ2) is 8.41. The zero-order valence-electron chi connectivity index (χ0n) is 15.5. The Balaban J connectivity index is 2.25. The Labute approximate surface area is 158 Å². The van der Waals surface area contributed by atoms with Gasteiger partial charge >= 0.3 is 0 Å². The molecule has 1 unspecified atom stereocenters. The molecule has 0 radical (unpaired) electrons. The second-order valence-corrected chi connectivity index (χ2v) is 9.13. The van der Waals surface area contributed by atoms with Gasteiger partial charge in [0.25, 0.3) is 0 Å². The normalized spacial score (nSPS) is 13.3. The number of nitrogens with two attached hydrogens (primary N) is 1. The minimum absolute atomic E-state index is 0.0335. The van der Waals surface area contributed by atoms with E-state index >= 15 is 0 Å². The van der Waals surface area contributed by atoms with Gasteiger partial charge in [-0.25, -0.2) is 18.5 Å². The van der Waals surface area contributed by atoms with E-state index in [4.69, 9.17) is 5.14 Å². The van der Waals surface area contributed by atoms with Crippen LogP contribution in [0, 0.1) is 5.92 Å². The minimum atomic E-state index is -3.78. The quantitative estimate of drug-likeness (QED) is 0.664. The van der Waals surface area contributed by atoms with Gasteiger partial charge < -0.3 is 9.88 Å². The molecule has 1 heterocycles. The summed E-state index contributed by atoms with van der Waals surface area (Å²) in [5.74, 6) is 0.577. The van der Waals surface area contributed by atoms with E-state index in [0.29, 0.717) is 16.6 Å². The monoisotopic (exact) mass is 398 g/mol. The van der Waals surface area contributed by atoms with Crippen molar-refractivity contribution in [2.45, 2.75) is 56.8 Å². The van der Waals surface area contributed by atoms with Gasteiger partial charge in [-0.15, -0.1) is 0 Å². The van der Waals surface area contributed by atoms with Crippen molar-refractivity contribution >= 4 is 38.7 Å². The number of hydrogen-bond acceptors (Lipinski definition) is 5. The third-order valence-corrected chi connectivity index (χ3v) is 6.07. The van der Waals surface area contributed by atoms with Gasteiger partial charge in [0.15, 0.2) is 5.16 Å². The molecular formula is C17H26N4O3S2. The summed E-state index contributed by atoms with van der Waals surface area (Å²) in [5.41, 5.74) is 1.39. The van der Waals surface area contributed by atoms with Crippen LogP contribution in [0.15, 0.2) is 28.3 Å². The molecule has 9 heteroatoms. The van der Waals surface area contributed by atoms with E-state index in [1.807, 2.05) is 11.5 Å². The molecule has 1 atom stereocenters. The first-order valence-electron chi connectivity index (χ1n) is 8.58. The van der Waals surface area contributed by atoms with Crippen LogP contribution in [0.3, 0.4) is 0 Å². The molecule has 0 aliphatic rings. The molecule has 26 heavy (non-hydrogen) atoms. The molecule has 0 spiro atoms. The summed E-state index contributed by atoms with van der Waals surface area (Å²) in [6, 6.07) is 4.77. The molecule has 1 amide bonds. The fourth-order valence-corrected chi connectivity index (χ4v) is 3.79. The summed E-state index contributed by atoms with van der Waals surface area (Å²) >= 11 is 1.35. The first-order valence-corrected chi connectivity index (χ1v) is 11.1. The number of carbonyl (C=O) groups excluding carboxylic acids is 1. The summed E-state index contributed by atoms with van der Waals surface area (Å²) < 4.78 is 25.1. The molecule has 1 aromatic heterocycles. The van der Waals surface area contributed by atoms with E-state index in [1.165, 1.54) is 23.9 Å². The van der Waals surface area contributed by atoms with E-state index in [9.17, 15) is 13.2 Å². The third kappa shape index (κ3) is 4.99. The van der Waals surface area contributed by atoms with Crippen LogP contribution in [0.1, 0.15) is 34.1 Å². The lowest BCUT2D eigenvalue weighted by molar-refractivity contribution is -0.119. The Bertz CT molecular complexity index is 891. The number of aromatic nitrogens is 2. The molecule has 0 saturated carbocycles. The number of benzene rings is 1. The number of nitrogens with one attached hydrogen (secondary N) is 1. The average Bonchev–Trinajstić information content (AvgIpc) is 2.89. The minimum Gasteiger partial charge on any atom is -0.353 e. The van der Waals surface area contributed by atoms with E-state index in [-0.39, 0.29) is 22.6 Å². The average molecular weight is 399 g/mol. The van der Waals surface area contributed by atoms with Gasteiger partial charge in [-0.3, -0.25) is 4.79 Å². The van der Waals surface area contributed by atoms with Gasteiger partial charge in [0.05, 0.1) is 21.7 Å². The van der Waals surface area contributed by atoms with Crippen LogP contribution in [0.25, 0.3) is 11.0 Å². The van der Waals surface area contributed by atoms with Crippen molar-refractivity contribution in [2.75, 3.05) is 5.75 Å². The second-order valence-electron chi connectivity index (χ2n) is 6.63. The number of rotatable bonds is 8. The Kier molecular flexibility index (Phi) is 6.70. The Morgan fingerprint density at radius 3 is 2.62 bits per heavy atom. The van der Waals surface area contributed by atoms with Gasteiger partial charge in [0, 0.05) is 12.6 Å². The predicted octanol–water partition coefficient (Wildman–Crippen LogP) is 2.35. The Morgan fingerprint density at radius 1 is 1.35 bits per heavy atom.